The first kappa shape index (κ1) is 21.9. The molecule has 1 aliphatic rings. The SMILES string of the molecule is CCN(Cc1cc2c(Nc3cccc(C)c3F)ncnc2cc1OC)C1(C(N)=O)CNC1. The van der Waals surface area contributed by atoms with Gasteiger partial charge in [-0.25, -0.2) is 14.4 Å². The van der Waals surface area contributed by atoms with Crippen molar-refractivity contribution in [1.29, 1.82) is 0 Å². The van der Waals surface area contributed by atoms with Crippen LogP contribution in [0.15, 0.2) is 36.7 Å². The normalized spacial score (nSPS) is 14.9. The van der Waals surface area contributed by atoms with E-state index < -0.39 is 5.54 Å². The minimum atomic E-state index is -0.728. The van der Waals surface area contributed by atoms with Crippen LogP contribution in [0.2, 0.25) is 0 Å². The average Bonchev–Trinajstić information content (AvgIpc) is 2.75. The number of likely N-dealkylation sites (N-methyl/N-ethyl adjacent to an activating group) is 1. The zero-order chi connectivity index (χ0) is 22.9. The van der Waals surface area contributed by atoms with Crippen molar-refractivity contribution in [3.05, 3.63) is 53.6 Å². The number of carbonyl (C=O) groups is 1. The summed E-state index contributed by atoms with van der Waals surface area (Å²) >= 11 is 0. The summed E-state index contributed by atoms with van der Waals surface area (Å²) in [7, 11) is 1.60. The Hall–Kier alpha value is -3.30. The maximum Gasteiger partial charge on any atom is 0.240 e. The van der Waals surface area contributed by atoms with Gasteiger partial charge >= 0.3 is 0 Å². The van der Waals surface area contributed by atoms with Gasteiger partial charge < -0.3 is 21.1 Å². The third-order valence-electron chi connectivity index (χ3n) is 6.12. The fourth-order valence-electron chi connectivity index (χ4n) is 4.10. The highest BCUT2D eigenvalue weighted by Crippen LogP contribution is 2.33. The van der Waals surface area contributed by atoms with Crippen molar-refractivity contribution in [1.82, 2.24) is 20.2 Å². The number of amides is 1. The number of nitrogens with zero attached hydrogens (tertiary/aromatic N) is 3. The zero-order valence-corrected chi connectivity index (χ0v) is 18.4. The minimum absolute atomic E-state index is 0.328. The van der Waals surface area contributed by atoms with E-state index in [9.17, 15) is 9.18 Å². The first-order valence-electron chi connectivity index (χ1n) is 10.5. The quantitative estimate of drug-likeness (QED) is 0.496. The lowest BCUT2D eigenvalue weighted by Crippen LogP contribution is -2.74. The fraction of sp³-hybridized carbons (Fsp3) is 0.348. The summed E-state index contributed by atoms with van der Waals surface area (Å²) in [5.74, 6) is 0.458. The summed E-state index contributed by atoms with van der Waals surface area (Å²) in [5, 5.41) is 6.97. The van der Waals surface area contributed by atoms with Crippen LogP contribution >= 0.6 is 0 Å². The Morgan fingerprint density at radius 1 is 1.34 bits per heavy atom. The maximum atomic E-state index is 14.6. The average molecular weight is 439 g/mol. The van der Waals surface area contributed by atoms with Crippen molar-refractivity contribution in [3.63, 3.8) is 0 Å². The smallest absolute Gasteiger partial charge is 0.240 e. The fourth-order valence-corrected chi connectivity index (χ4v) is 4.10. The van der Waals surface area contributed by atoms with E-state index in [2.05, 4.69) is 20.6 Å². The van der Waals surface area contributed by atoms with Crippen molar-refractivity contribution in [2.75, 3.05) is 32.1 Å². The second-order valence-corrected chi connectivity index (χ2v) is 7.98. The zero-order valence-electron chi connectivity index (χ0n) is 18.4. The molecule has 8 nitrogen and oxygen atoms in total. The Morgan fingerprint density at radius 3 is 2.75 bits per heavy atom. The number of hydrogen-bond acceptors (Lipinski definition) is 7. The van der Waals surface area contributed by atoms with Crippen molar-refractivity contribution < 1.29 is 13.9 Å². The molecule has 0 aliphatic carbocycles. The number of hydrogen-bond donors (Lipinski definition) is 3. The molecule has 4 N–H and O–H groups in total. The van der Waals surface area contributed by atoms with Crippen LogP contribution in [0.4, 0.5) is 15.9 Å². The standard InChI is InChI=1S/C23H27FN6O2/c1-4-30(23(22(25)31)11-26-12-23)10-15-8-16-18(9-19(15)32-3)27-13-28-21(16)29-17-7-5-6-14(2)20(17)24/h5-9,13,26H,4,10-12H2,1-3H3,(H2,25,31)(H,27,28,29). The van der Waals surface area contributed by atoms with Crippen LogP contribution in [0.5, 0.6) is 5.75 Å². The van der Waals surface area contributed by atoms with Gasteiger partial charge in [-0.1, -0.05) is 19.1 Å². The van der Waals surface area contributed by atoms with E-state index in [-0.39, 0.29) is 11.7 Å². The summed E-state index contributed by atoms with van der Waals surface area (Å²) in [4.78, 5) is 23.0. The van der Waals surface area contributed by atoms with Crippen LogP contribution < -0.4 is 21.1 Å². The largest absolute Gasteiger partial charge is 0.496 e. The monoisotopic (exact) mass is 438 g/mol. The summed E-state index contributed by atoms with van der Waals surface area (Å²) in [6, 6.07) is 8.92. The molecule has 1 aliphatic heterocycles. The van der Waals surface area contributed by atoms with E-state index in [4.69, 9.17) is 10.5 Å². The van der Waals surface area contributed by atoms with Crippen LogP contribution in [0.25, 0.3) is 10.9 Å². The number of methoxy groups -OCH3 is 1. The van der Waals surface area contributed by atoms with E-state index in [1.165, 1.54) is 6.33 Å². The van der Waals surface area contributed by atoms with Gasteiger partial charge in [-0.2, -0.15) is 0 Å². The van der Waals surface area contributed by atoms with E-state index in [1.54, 1.807) is 32.2 Å². The first-order valence-corrected chi connectivity index (χ1v) is 10.5. The van der Waals surface area contributed by atoms with Gasteiger partial charge in [-0.15, -0.1) is 0 Å². The third kappa shape index (κ3) is 3.74. The number of halogens is 1. The molecule has 4 rings (SSSR count). The van der Waals surface area contributed by atoms with Gasteiger partial charge in [0.05, 0.1) is 18.3 Å². The highest BCUT2D eigenvalue weighted by molar-refractivity contribution is 5.92. The van der Waals surface area contributed by atoms with Gasteiger partial charge in [0, 0.05) is 36.7 Å². The number of aromatic nitrogens is 2. The van der Waals surface area contributed by atoms with Crippen molar-refractivity contribution in [2.45, 2.75) is 25.9 Å². The van der Waals surface area contributed by atoms with Gasteiger partial charge in [0.2, 0.25) is 5.91 Å². The van der Waals surface area contributed by atoms with Crippen LogP contribution in [0, 0.1) is 12.7 Å². The molecule has 0 radical (unpaired) electrons. The minimum Gasteiger partial charge on any atom is -0.496 e. The summed E-state index contributed by atoms with van der Waals surface area (Å²) in [6.45, 7) is 5.81. The summed E-state index contributed by atoms with van der Waals surface area (Å²) < 4.78 is 20.2. The Labute approximate surface area is 186 Å². The highest BCUT2D eigenvalue weighted by atomic mass is 19.1. The van der Waals surface area contributed by atoms with Crippen molar-refractivity contribution in [2.24, 2.45) is 5.73 Å². The Balaban J connectivity index is 1.75. The van der Waals surface area contributed by atoms with Gasteiger partial charge in [0.25, 0.3) is 0 Å². The molecule has 0 saturated carbocycles. The molecule has 0 unspecified atom stereocenters. The van der Waals surface area contributed by atoms with Gasteiger partial charge in [0.15, 0.2) is 0 Å². The van der Waals surface area contributed by atoms with Gasteiger partial charge in [-0.05, 0) is 31.2 Å². The number of nitrogens with two attached hydrogens (primary N) is 1. The van der Waals surface area contributed by atoms with Gasteiger partial charge in [-0.3, -0.25) is 9.69 Å². The molecule has 32 heavy (non-hydrogen) atoms. The molecule has 1 saturated heterocycles. The van der Waals surface area contributed by atoms with Crippen molar-refractivity contribution >= 4 is 28.3 Å². The third-order valence-corrected chi connectivity index (χ3v) is 6.12. The number of rotatable bonds is 8. The number of nitrogens with one attached hydrogen (secondary N) is 2. The number of primary amides is 1. The number of aryl methyl sites for hydroxylation is 1. The molecule has 1 fully saturated rings. The molecule has 0 spiro atoms. The molecule has 168 valence electrons. The van der Waals surface area contributed by atoms with Crippen LogP contribution in [-0.2, 0) is 11.3 Å². The number of carbonyl (C=O) groups excluding carboxylic acids is 1. The summed E-state index contributed by atoms with van der Waals surface area (Å²) in [5.41, 5.74) is 7.41. The van der Waals surface area contributed by atoms with Crippen LogP contribution in [0.3, 0.4) is 0 Å². The molecule has 0 bridgehead atoms. The molecule has 1 amide bonds. The lowest BCUT2D eigenvalue weighted by Gasteiger charge is -2.48. The van der Waals surface area contributed by atoms with E-state index >= 15 is 0 Å². The first-order chi connectivity index (χ1) is 15.4. The van der Waals surface area contributed by atoms with E-state index in [0.717, 1.165) is 10.9 Å². The number of benzene rings is 2. The Kier molecular flexibility index (Phi) is 5.94. The lowest BCUT2D eigenvalue weighted by atomic mass is 9.88. The van der Waals surface area contributed by atoms with E-state index in [1.807, 2.05) is 24.0 Å². The predicted octanol–water partition coefficient (Wildman–Crippen LogP) is 2.48. The number of anilines is 2. The van der Waals surface area contributed by atoms with Crippen LogP contribution in [-0.4, -0.2) is 53.1 Å². The van der Waals surface area contributed by atoms with E-state index in [0.29, 0.717) is 54.5 Å². The molecular formula is C23H27FN6O2. The summed E-state index contributed by atoms with van der Waals surface area (Å²) in [6.07, 6.45) is 1.43. The highest BCUT2D eigenvalue weighted by Gasteiger charge is 2.47. The van der Waals surface area contributed by atoms with Crippen LogP contribution in [0.1, 0.15) is 18.1 Å². The molecular weight excluding hydrogens is 411 g/mol. The van der Waals surface area contributed by atoms with Gasteiger partial charge in [0.1, 0.15) is 29.3 Å². The predicted molar refractivity (Wildman–Crippen MR) is 121 cm³/mol. The lowest BCUT2D eigenvalue weighted by molar-refractivity contribution is -0.134. The molecule has 2 aromatic carbocycles. The Bertz CT molecular complexity index is 1160. The number of ether oxygens (including phenoxy) is 1. The number of fused-ring (bicyclic) bond motifs is 1. The molecule has 2 heterocycles. The topological polar surface area (TPSA) is 105 Å². The molecule has 1 aromatic heterocycles. The maximum absolute atomic E-state index is 14.6. The Morgan fingerprint density at radius 2 is 2.12 bits per heavy atom. The second kappa shape index (κ2) is 8.68. The molecule has 3 aromatic rings. The second-order valence-electron chi connectivity index (χ2n) is 7.98. The molecule has 0 atom stereocenters. The molecule has 9 heteroatoms. The van der Waals surface area contributed by atoms with Crippen molar-refractivity contribution in [3.8, 4) is 5.75 Å².